The minimum atomic E-state index is -1.09. The van der Waals surface area contributed by atoms with E-state index in [-0.39, 0.29) is 11.6 Å². The van der Waals surface area contributed by atoms with Crippen LogP contribution in [0.1, 0.15) is 11.3 Å². The first-order valence-corrected chi connectivity index (χ1v) is 8.37. The van der Waals surface area contributed by atoms with Crippen molar-refractivity contribution in [3.05, 3.63) is 78.3 Å². The van der Waals surface area contributed by atoms with Crippen LogP contribution in [0.15, 0.2) is 67.1 Å². The van der Waals surface area contributed by atoms with Gasteiger partial charge in [-0.25, -0.2) is 14.8 Å². The van der Waals surface area contributed by atoms with Gasteiger partial charge in [0.1, 0.15) is 22.8 Å². The lowest BCUT2D eigenvalue weighted by molar-refractivity contribution is -0.130. The number of hydrogen-bond acceptors (Lipinski definition) is 6. The van der Waals surface area contributed by atoms with Crippen molar-refractivity contribution in [1.82, 2.24) is 9.97 Å². The number of carboxylic acid groups (broad SMARTS) is 1. The molecule has 0 aliphatic carbocycles. The van der Waals surface area contributed by atoms with Gasteiger partial charge in [-0.15, -0.1) is 0 Å². The summed E-state index contributed by atoms with van der Waals surface area (Å²) in [7, 11) is 1.40. The summed E-state index contributed by atoms with van der Waals surface area (Å²) in [5, 5.41) is 9.32. The van der Waals surface area contributed by atoms with E-state index in [9.17, 15) is 9.90 Å². The van der Waals surface area contributed by atoms with Crippen LogP contribution in [-0.2, 0) is 9.53 Å². The lowest BCUT2D eigenvalue weighted by Crippen LogP contribution is -2.00. The maximum absolute atomic E-state index is 11.4. The maximum atomic E-state index is 11.4. The van der Waals surface area contributed by atoms with Crippen LogP contribution in [0.2, 0.25) is 0 Å². The minimum Gasteiger partial charge on any atom is -0.503 e. The molecule has 0 bridgehead atoms. The molecule has 0 saturated carbocycles. The molecule has 7 nitrogen and oxygen atoms in total. The van der Waals surface area contributed by atoms with Gasteiger partial charge in [0, 0.05) is 18.0 Å². The molecule has 0 fully saturated rings. The Morgan fingerprint density at radius 3 is 2.36 bits per heavy atom. The third kappa shape index (κ3) is 4.85. The van der Waals surface area contributed by atoms with E-state index in [1.54, 1.807) is 60.8 Å². The zero-order valence-electron chi connectivity index (χ0n) is 15.3. The van der Waals surface area contributed by atoms with Crippen LogP contribution < -0.4 is 9.47 Å². The van der Waals surface area contributed by atoms with Crippen molar-refractivity contribution >= 4 is 11.5 Å². The van der Waals surface area contributed by atoms with Crippen LogP contribution in [0.25, 0.3) is 5.57 Å². The molecular formula is C21H18N2O5. The van der Waals surface area contributed by atoms with E-state index in [4.69, 9.17) is 14.2 Å². The summed E-state index contributed by atoms with van der Waals surface area (Å²) in [6, 6.07) is 15.7. The lowest BCUT2D eigenvalue weighted by Gasteiger charge is -2.10. The number of aromatic nitrogens is 2. The third-order valence-electron chi connectivity index (χ3n) is 3.63. The summed E-state index contributed by atoms with van der Waals surface area (Å²) in [6.07, 6.45) is 2.80. The van der Waals surface area contributed by atoms with E-state index in [1.165, 1.54) is 13.4 Å². The van der Waals surface area contributed by atoms with E-state index in [1.807, 2.05) is 6.92 Å². The first-order valence-electron chi connectivity index (χ1n) is 8.37. The van der Waals surface area contributed by atoms with Crippen molar-refractivity contribution in [2.75, 3.05) is 7.11 Å². The van der Waals surface area contributed by atoms with Crippen molar-refractivity contribution < 1.29 is 24.1 Å². The van der Waals surface area contributed by atoms with E-state index in [2.05, 4.69) is 9.97 Å². The molecule has 1 N–H and O–H groups in total. The summed E-state index contributed by atoms with van der Waals surface area (Å²) < 4.78 is 16.4. The SMILES string of the molecule is COC=C(C(=O)O)c1cccc(Oc2cccc(Oc3nccc(C)n3)c2)c1. The highest BCUT2D eigenvalue weighted by Crippen LogP contribution is 2.29. The molecule has 2 aromatic carbocycles. The van der Waals surface area contributed by atoms with Crippen molar-refractivity contribution in [1.29, 1.82) is 0 Å². The Labute approximate surface area is 161 Å². The molecule has 28 heavy (non-hydrogen) atoms. The van der Waals surface area contributed by atoms with Crippen LogP contribution in [-0.4, -0.2) is 28.2 Å². The number of hydrogen-bond donors (Lipinski definition) is 1. The highest BCUT2D eigenvalue weighted by atomic mass is 16.5. The first kappa shape index (κ1) is 18.9. The Bertz CT molecular complexity index is 1020. The van der Waals surface area contributed by atoms with E-state index in [0.29, 0.717) is 22.8 Å². The topological polar surface area (TPSA) is 90.8 Å². The number of aliphatic carboxylic acids is 1. The number of benzene rings is 2. The minimum absolute atomic E-state index is 0.0293. The fraction of sp³-hybridized carbons (Fsp3) is 0.0952. The molecule has 3 aromatic rings. The lowest BCUT2D eigenvalue weighted by atomic mass is 10.1. The van der Waals surface area contributed by atoms with E-state index >= 15 is 0 Å². The predicted octanol–water partition coefficient (Wildman–Crippen LogP) is 4.44. The molecule has 0 unspecified atom stereocenters. The molecule has 7 heteroatoms. The van der Waals surface area contributed by atoms with Crippen molar-refractivity contribution in [3.8, 4) is 23.3 Å². The molecule has 0 aliphatic heterocycles. The largest absolute Gasteiger partial charge is 0.503 e. The summed E-state index contributed by atoms with van der Waals surface area (Å²) >= 11 is 0. The molecule has 0 aliphatic rings. The number of aryl methyl sites for hydroxylation is 1. The summed E-state index contributed by atoms with van der Waals surface area (Å²) in [4.78, 5) is 19.6. The average molecular weight is 378 g/mol. The van der Waals surface area contributed by atoms with Crippen molar-refractivity contribution in [2.45, 2.75) is 6.92 Å². The fourth-order valence-electron chi connectivity index (χ4n) is 2.40. The molecule has 0 saturated heterocycles. The van der Waals surface area contributed by atoms with Crippen molar-refractivity contribution in [2.24, 2.45) is 0 Å². The highest BCUT2D eigenvalue weighted by Gasteiger charge is 2.12. The number of carbonyl (C=O) groups is 1. The zero-order valence-corrected chi connectivity index (χ0v) is 15.3. The normalized spacial score (nSPS) is 11.0. The van der Waals surface area contributed by atoms with Crippen LogP contribution in [0.5, 0.6) is 23.3 Å². The number of rotatable bonds is 7. The van der Waals surface area contributed by atoms with Gasteiger partial charge in [-0.05, 0) is 42.8 Å². The third-order valence-corrected chi connectivity index (χ3v) is 3.63. The number of nitrogens with zero attached hydrogens (tertiary/aromatic N) is 2. The van der Waals surface area contributed by atoms with Gasteiger partial charge >= 0.3 is 12.0 Å². The van der Waals surface area contributed by atoms with Gasteiger partial charge in [-0.1, -0.05) is 18.2 Å². The molecule has 1 heterocycles. The zero-order chi connectivity index (χ0) is 19.9. The van der Waals surface area contributed by atoms with Gasteiger partial charge < -0.3 is 19.3 Å². The number of methoxy groups -OCH3 is 1. The van der Waals surface area contributed by atoms with E-state index < -0.39 is 5.97 Å². The second-order valence-electron chi connectivity index (χ2n) is 5.76. The molecule has 0 amide bonds. The Balaban J connectivity index is 1.80. The van der Waals surface area contributed by atoms with Crippen LogP contribution >= 0.6 is 0 Å². The summed E-state index contributed by atoms with van der Waals surface area (Å²) in [6.45, 7) is 1.85. The molecule has 142 valence electrons. The second kappa shape index (κ2) is 8.68. The molecule has 1 aromatic heterocycles. The maximum Gasteiger partial charge on any atom is 0.339 e. The van der Waals surface area contributed by atoms with Gasteiger partial charge in [0.2, 0.25) is 0 Å². The van der Waals surface area contributed by atoms with Gasteiger partial charge in [0.15, 0.2) is 0 Å². The van der Waals surface area contributed by atoms with Gasteiger partial charge in [-0.2, -0.15) is 0 Å². The number of carboxylic acids is 1. The summed E-state index contributed by atoms with van der Waals surface area (Å²) in [5.74, 6) is 0.428. The molecular weight excluding hydrogens is 360 g/mol. The van der Waals surface area contributed by atoms with E-state index in [0.717, 1.165) is 5.69 Å². The first-order chi connectivity index (χ1) is 13.5. The van der Waals surface area contributed by atoms with Crippen molar-refractivity contribution in [3.63, 3.8) is 0 Å². The average Bonchev–Trinajstić information content (AvgIpc) is 2.66. The van der Waals surface area contributed by atoms with Crippen LogP contribution in [0, 0.1) is 6.92 Å². The second-order valence-corrected chi connectivity index (χ2v) is 5.76. The number of ether oxygens (including phenoxy) is 3. The van der Waals surface area contributed by atoms with Crippen LogP contribution in [0.3, 0.4) is 0 Å². The molecule has 0 radical (unpaired) electrons. The van der Waals surface area contributed by atoms with Gasteiger partial charge in [0.05, 0.1) is 13.4 Å². The summed E-state index contributed by atoms with van der Waals surface area (Å²) in [5.41, 5.74) is 1.29. The highest BCUT2D eigenvalue weighted by molar-refractivity contribution is 6.15. The fourth-order valence-corrected chi connectivity index (χ4v) is 2.40. The Kier molecular flexibility index (Phi) is 5.86. The Morgan fingerprint density at radius 1 is 1.00 bits per heavy atom. The Morgan fingerprint density at radius 2 is 1.68 bits per heavy atom. The van der Waals surface area contributed by atoms with Crippen LogP contribution in [0.4, 0.5) is 0 Å². The predicted molar refractivity (Wildman–Crippen MR) is 102 cm³/mol. The molecule has 0 spiro atoms. The molecule has 0 atom stereocenters. The monoisotopic (exact) mass is 378 g/mol. The van der Waals surface area contributed by atoms with Gasteiger partial charge in [0.25, 0.3) is 0 Å². The molecule has 3 rings (SSSR count). The quantitative estimate of drug-likeness (QED) is 0.480. The Hall–Kier alpha value is -3.87. The van der Waals surface area contributed by atoms with Gasteiger partial charge in [-0.3, -0.25) is 0 Å². The smallest absolute Gasteiger partial charge is 0.339 e. The standard InChI is InChI=1S/C21H18N2O5/c1-14-9-10-22-21(23-14)28-18-8-4-7-17(12-18)27-16-6-3-5-15(11-16)19(13-26-2)20(24)25/h3-13H,1-2H3,(H,24,25).